The summed E-state index contributed by atoms with van der Waals surface area (Å²) < 4.78 is 0. The van der Waals surface area contributed by atoms with Crippen molar-refractivity contribution >= 4 is 38.4 Å². The molecular weight excluding hydrogens is 354 g/mol. The van der Waals surface area contributed by atoms with Crippen LogP contribution in [0.5, 0.6) is 0 Å². The predicted molar refractivity (Wildman–Crippen MR) is 114 cm³/mol. The van der Waals surface area contributed by atoms with E-state index in [1.165, 1.54) is 42.8 Å². The number of nitrogens with one attached hydrogen (secondary N) is 1. The highest BCUT2D eigenvalue weighted by molar-refractivity contribution is 7.20. The maximum absolute atomic E-state index is 12.5. The molecule has 0 bridgehead atoms. The minimum atomic E-state index is 0.0187. The van der Waals surface area contributed by atoms with Gasteiger partial charge in [-0.05, 0) is 69.5 Å². The summed E-state index contributed by atoms with van der Waals surface area (Å²) in [6.45, 7) is 8.61. The fourth-order valence-corrected chi connectivity index (χ4v) is 4.89. The van der Waals surface area contributed by atoms with Crippen LogP contribution in [0.3, 0.4) is 0 Å². The number of aromatic nitrogens is 1. The summed E-state index contributed by atoms with van der Waals surface area (Å²) in [4.78, 5) is 21.4. The number of fused-ring (bicyclic) bond motifs is 2. The van der Waals surface area contributed by atoms with Gasteiger partial charge in [0, 0.05) is 23.9 Å². The zero-order chi connectivity index (χ0) is 18.8. The van der Waals surface area contributed by atoms with Gasteiger partial charge in [-0.2, -0.15) is 0 Å². The number of carbonyl (C=O) groups excluding carboxylic acids is 1. The molecule has 0 unspecified atom stereocenters. The lowest BCUT2D eigenvalue weighted by Crippen LogP contribution is -2.36. The first-order valence-electron chi connectivity index (χ1n) is 9.90. The van der Waals surface area contributed by atoms with E-state index in [1.807, 2.05) is 12.1 Å². The number of aryl methyl sites for hydroxylation is 1. The van der Waals surface area contributed by atoms with Gasteiger partial charge < -0.3 is 10.2 Å². The van der Waals surface area contributed by atoms with Gasteiger partial charge in [0.05, 0.1) is 10.4 Å². The lowest BCUT2D eigenvalue weighted by atomic mass is 10.0. The third-order valence-corrected chi connectivity index (χ3v) is 6.40. The third kappa shape index (κ3) is 4.30. The van der Waals surface area contributed by atoms with E-state index < -0.39 is 0 Å². The van der Waals surface area contributed by atoms with Crippen molar-refractivity contribution in [2.75, 3.05) is 26.2 Å². The summed E-state index contributed by atoms with van der Waals surface area (Å²) >= 11 is 1.48. The van der Waals surface area contributed by atoms with Gasteiger partial charge in [-0.15, -0.1) is 11.3 Å². The Labute approximate surface area is 164 Å². The molecule has 0 spiro atoms. The molecule has 5 heteroatoms. The second-order valence-electron chi connectivity index (χ2n) is 7.85. The van der Waals surface area contributed by atoms with Gasteiger partial charge in [0.1, 0.15) is 4.83 Å². The Morgan fingerprint density at radius 2 is 2.19 bits per heavy atom. The van der Waals surface area contributed by atoms with Crippen molar-refractivity contribution in [1.29, 1.82) is 0 Å². The predicted octanol–water partition coefficient (Wildman–Crippen LogP) is 4.61. The Balaban J connectivity index is 1.37. The van der Waals surface area contributed by atoms with E-state index in [9.17, 15) is 4.79 Å². The zero-order valence-electron chi connectivity index (χ0n) is 16.1. The molecule has 0 saturated carbocycles. The van der Waals surface area contributed by atoms with Gasteiger partial charge >= 0.3 is 0 Å². The topological polar surface area (TPSA) is 45.2 Å². The van der Waals surface area contributed by atoms with Crippen LogP contribution in [0.1, 0.15) is 41.4 Å². The minimum Gasteiger partial charge on any atom is -0.351 e. The van der Waals surface area contributed by atoms with Crippen molar-refractivity contribution in [2.45, 2.75) is 33.1 Å². The number of amides is 1. The maximum atomic E-state index is 12.5. The first kappa shape index (κ1) is 18.4. The average molecular weight is 382 g/mol. The van der Waals surface area contributed by atoms with Gasteiger partial charge in [0.2, 0.25) is 0 Å². The number of rotatable bonds is 5. The fourth-order valence-electron chi connectivity index (χ4n) is 3.95. The molecular formula is C22H27N3OS. The van der Waals surface area contributed by atoms with Crippen LogP contribution in [0.25, 0.3) is 21.1 Å². The van der Waals surface area contributed by atoms with Crippen molar-refractivity contribution < 1.29 is 4.79 Å². The van der Waals surface area contributed by atoms with Gasteiger partial charge in [0.15, 0.2) is 0 Å². The molecule has 1 N–H and O–H groups in total. The van der Waals surface area contributed by atoms with Crippen molar-refractivity contribution in [1.82, 2.24) is 15.2 Å². The number of hydrogen-bond donors (Lipinski definition) is 1. The molecule has 1 fully saturated rings. The van der Waals surface area contributed by atoms with Crippen molar-refractivity contribution in [3.8, 4) is 0 Å². The second kappa shape index (κ2) is 7.95. The lowest BCUT2D eigenvalue weighted by Gasteiger charge is -2.30. The summed E-state index contributed by atoms with van der Waals surface area (Å²) in [5.41, 5.74) is 2.21. The molecule has 1 aliphatic rings. The molecule has 3 aromatic rings. The normalized spacial score (nSPS) is 18.2. The average Bonchev–Trinajstić information content (AvgIpc) is 3.06. The zero-order valence-corrected chi connectivity index (χ0v) is 16.9. The molecule has 3 heterocycles. The first-order chi connectivity index (χ1) is 13.1. The number of hydrogen-bond acceptors (Lipinski definition) is 4. The van der Waals surface area contributed by atoms with E-state index >= 15 is 0 Å². The quantitative estimate of drug-likeness (QED) is 0.657. The number of thiophene rings is 1. The van der Waals surface area contributed by atoms with Crippen LogP contribution >= 0.6 is 11.3 Å². The first-order valence-corrected chi connectivity index (χ1v) is 10.7. The number of likely N-dealkylation sites (tertiary alicyclic amines) is 1. The number of benzene rings is 1. The van der Waals surface area contributed by atoms with Crippen LogP contribution in [0.2, 0.25) is 0 Å². The number of pyridine rings is 1. The smallest absolute Gasteiger partial charge is 0.261 e. The van der Waals surface area contributed by atoms with Crippen molar-refractivity contribution in [3.63, 3.8) is 0 Å². The number of nitrogens with zero attached hydrogens (tertiary/aromatic N) is 2. The highest BCUT2D eigenvalue weighted by Gasteiger charge is 2.16. The van der Waals surface area contributed by atoms with Gasteiger partial charge in [0.25, 0.3) is 5.91 Å². The molecule has 142 valence electrons. The molecule has 0 radical (unpaired) electrons. The highest BCUT2D eigenvalue weighted by Crippen LogP contribution is 2.27. The molecule has 1 aromatic carbocycles. The second-order valence-corrected chi connectivity index (χ2v) is 8.88. The van der Waals surface area contributed by atoms with E-state index in [0.29, 0.717) is 0 Å². The molecule has 0 aliphatic carbocycles. The molecule has 1 atom stereocenters. The Hall–Kier alpha value is -1.98. The maximum Gasteiger partial charge on any atom is 0.261 e. The standard InChI is InChI=1S/C22H27N3OS/c1-15-6-7-19-17(11-15)12-18-13-20(27-22(18)24-19)21(26)23-8-4-10-25-9-3-5-16(2)14-25/h6-7,11-13,16H,3-5,8-10,14H2,1-2H3,(H,23,26)/t16-/m0/s1. The van der Waals surface area contributed by atoms with E-state index in [4.69, 9.17) is 4.98 Å². The van der Waals surface area contributed by atoms with E-state index in [2.05, 4.69) is 42.3 Å². The molecule has 1 aliphatic heterocycles. The molecule has 2 aromatic heterocycles. The Kier molecular flexibility index (Phi) is 5.41. The molecule has 1 saturated heterocycles. The van der Waals surface area contributed by atoms with Crippen LogP contribution in [0.4, 0.5) is 0 Å². The van der Waals surface area contributed by atoms with E-state index in [0.717, 1.165) is 51.4 Å². The summed E-state index contributed by atoms with van der Waals surface area (Å²) in [6, 6.07) is 10.4. The monoisotopic (exact) mass is 381 g/mol. The highest BCUT2D eigenvalue weighted by atomic mass is 32.1. The summed E-state index contributed by atoms with van der Waals surface area (Å²) in [6.07, 6.45) is 3.66. The largest absolute Gasteiger partial charge is 0.351 e. The fraction of sp³-hybridized carbons (Fsp3) is 0.455. The summed E-state index contributed by atoms with van der Waals surface area (Å²) in [5, 5.41) is 5.25. The Bertz CT molecular complexity index is 965. The van der Waals surface area contributed by atoms with Crippen LogP contribution in [-0.4, -0.2) is 42.0 Å². The number of piperidine rings is 1. The van der Waals surface area contributed by atoms with E-state index in [1.54, 1.807) is 0 Å². The molecule has 1 amide bonds. The lowest BCUT2D eigenvalue weighted by molar-refractivity contribution is 0.0954. The summed E-state index contributed by atoms with van der Waals surface area (Å²) in [7, 11) is 0. The van der Waals surface area contributed by atoms with Crippen LogP contribution in [0, 0.1) is 12.8 Å². The van der Waals surface area contributed by atoms with Gasteiger partial charge in [-0.1, -0.05) is 18.6 Å². The van der Waals surface area contributed by atoms with Crippen LogP contribution < -0.4 is 5.32 Å². The molecule has 4 rings (SSSR count). The Morgan fingerprint density at radius 1 is 1.30 bits per heavy atom. The minimum absolute atomic E-state index is 0.0187. The van der Waals surface area contributed by atoms with Gasteiger partial charge in [-0.3, -0.25) is 4.79 Å². The molecule has 4 nitrogen and oxygen atoms in total. The van der Waals surface area contributed by atoms with E-state index in [-0.39, 0.29) is 5.91 Å². The Morgan fingerprint density at radius 3 is 3.04 bits per heavy atom. The number of carbonyl (C=O) groups is 1. The van der Waals surface area contributed by atoms with Gasteiger partial charge in [-0.25, -0.2) is 4.98 Å². The SMILES string of the molecule is Cc1ccc2nc3sc(C(=O)NCCCN4CCC[C@H](C)C4)cc3cc2c1. The third-order valence-electron chi connectivity index (χ3n) is 5.36. The van der Waals surface area contributed by atoms with Crippen LogP contribution in [-0.2, 0) is 0 Å². The van der Waals surface area contributed by atoms with Crippen LogP contribution in [0.15, 0.2) is 30.3 Å². The van der Waals surface area contributed by atoms with Crippen molar-refractivity contribution in [3.05, 3.63) is 40.8 Å². The molecule has 27 heavy (non-hydrogen) atoms. The van der Waals surface area contributed by atoms with Crippen molar-refractivity contribution in [2.24, 2.45) is 5.92 Å². The summed E-state index contributed by atoms with van der Waals surface area (Å²) in [5.74, 6) is 0.823.